The molecule has 4 nitrogen and oxygen atoms in total. The molecule has 0 rings (SSSR count). The Morgan fingerprint density at radius 2 is 2.33 bits per heavy atom. The first kappa shape index (κ1) is 11.4. The number of rotatable bonds is 6. The van der Waals surface area contributed by atoms with E-state index in [1.54, 1.807) is 0 Å². The Balaban J connectivity index is 4.09. The molecule has 0 radical (unpaired) electrons. The third-order valence-electron chi connectivity index (χ3n) is 1.30. The van der Waals surface area contributed by atoms with Gasteiger partial charge in [-0.25, -0.2) is 0 Å². The van der Waals surface area contributed by atoms with Gasteiger partial charge in [-0.2, -0.15) is 11.8 Å². The fourth-order valence-electron chi connectivity index (χ4n) is 0.803. The van der Waals surface area contributed by atoms with E-state index in [1.807, 2.05) is 13.2 Å². The van der Waals surface area contributed by atoms with Gasteiger partial charge in [0.15, 0.2) is 0 Å². The molecule has 0 aromatic heterocycles. The van der Waals surface area contributed by atoms with Gasteiger partial charge in [-0.05, 0) is 12.8 Å². The predicted octanol–water partition coefficient (Wildman–Crippen LogP) is 0.432. The molecule has 0 aromatic rings. The first-order valence-corrected chi connectivity index (χ1v) is 5.05. The van der Waals surface area contributed by atoms with Gasteiger partial charge >= 0.3 is 5.97 Å². The summed E-state index contributed by atoms with van der Waals surface area (Å²) in [6.07, 6.45) is 1.85. The number of nitrogens with one attached hydrogen (secondary N) is 2. The summed E-state index contributed by atoms with van der Waals surface area (Å²) >= 11 is 1.45. The van der Waals surface area contributed by atoms with Crippen LogP contribution in [0.1, 0.15) is 6.92 Å². The van der Waals surface area contributed by atoms with E-state index in [9.17, 15) is 4.79 Å². The molecule has 0 aliphatic rings. The Morgan fingerprint density at radius 1 is 1.75 bits per heavy atom. The smallest absolute Gasteiger partial charge is 0.326 e. The summed E-state index contributed by atoms with van der Waals surface area (Å²) in [5.41, 5.74) is 0.219. The molecule has 0 bridgehead atoms. The first-order valence-electron chi connectivity index (χ1n) is 3.65. The second-order valence-corrected chi connectivity index (χ2v) is 3.15. The zero-order valence-corrected chi connectivity index (χ0v) is 8.07. The van der Waals surface area contributed by atoms with E-state index in [0.717, 1.165) is 0 Å². The SMILES string of the molecule is CCNC(C(=N)CSC)C(=O)O. The summed E-state index contributed by atoms with van der Waals surface area (Å²) in [5, 5.41) is 18.8. The highest BCUT2D eigenvalue weighted by atomic mass is 32.2. The van der Waals surface area contributed by atoms with E-state index >= 15 is 0 Å². The zero-order valence-electron chi connectivity index (χ0n) is 7.26. The summed E-state index contributed by atoms with van der Waals surface area (Å²) in [5.74, 6) is -0.514. The second kappa shape index (κ2) is 6.02. The number of likely N-dealkylation sites (N-methyl/N-ethyl adjacent to an activating group) is 1. The molecule has 0 fully saturated rings. The molecule has 0 saturated heterocycles. The van der Waals surface area contributed by atoms with Crippen molar-refractivity contribution in [1.82, 2.24) is 5.32 Å². The Hall–Kier alpha value is -0.550. The minimum atomic E-state index is -0.976. The molecule has 0 spiro atoms. The summed E-state index contributed by atoms with van der Waals surface area (Å²) < 4.78 is 0. The number of hydrogen-bond acceptors (Lipinski definition) is 4. The van der Waals surface area contributed by atoms with Gasteiger partial charge in [-0.1, -0.05) is 6.92 Å². The van der Waals surface area contributed by atoms with Gasteiger partial charge in [-0.15, -0.1) is 0 Å². The lowest BCUT2D eigenvalue weighted by atomic mass is 10.2. The van der Waals surface area contributed by atoms with Gasteiger partial charge in [0.2, 0.25) is 0 Å². The van der Waals surface area contributed by atoms with Crippen LogP contribution in [-0.2, 0) is 4.79 Å². The number of aliphatic carboxylic acids is 1. The third kappa shape index (κ3) is 3.73. The predicted molar refractivity (Wildman–Crippen MR) is 51.2 cm³/mol. The van der Waals surface area contributed by atoms with Crippen molar-refractivity contribution < 1.29 is 9.90 Å². The van der Waals surface area contributed by atoms with Crippen LogP contribution in [0.15, 0.2) is 0 Å². The molecule has 0 heterocycles. The molecule has 12 heavy (non-hydrogen) atoms. The van der Waals surface area contributed by atoms with Gasteiger partial charge in [0.25, 0.3) is 0 Å². The van der Waals surface area contributed by atoms with Crippen molar-refractivity contribution in [1.29, 1.82) is 5.41 Å². The summed E-state index contributed by atoms with van der Waals surface area (Å²) in [7, 11) is 0. The number of carboxylic acid groups (broad SMARTS) is 1. The van der Waals surface area contributed by atoms with Crippen molar-refractivity contribution in [3.8, 4) is 0 Å². The zero-order chi connectivity index (χ0) is 9.56. The first-order chi connectivity index (χ1) is 5.63. The monoisotopic (exact) mass is 190 g/mol. The topological polar surface area (TPSA) is 73.2 Å². The number of carboxylic acids is 1. The lowest BCUT2D eigenvalue weighted by Gasteiger charge is -2.13. The van der Waals surface area contributed by atoms with E-state index in [1.165, 1.54) is 11.8 Å². The maximum absolute atomic E-state index is 10.6. The Kier molecular flexibility index (Phi) is 5.74. The average Bonchev–Trinajstić information content (AvgIpc) is 1.99. The lowest BCUT2D eigenvalue weighted by molar-refractivity contribution is -0.137. The number of carbonyl (C=O) groups is 1. The molecule has 0 aromatic carbocycles. The van der Waals surface area contributed by atoms with E-state index < -0.39 is 12.0 Å². The highest BCUT2D eigenvalue weighted by Gasteiger charge is 2.20. The van der Waals surface area contributed by atoms with Crippen molar-refractivity contribution in [3.05, 3.63) is 0 Å². The Bertz CT molecular complexity index is 173. The van der Waals surface area contributed by atoms with Gasteiger partial charge in [-0.3, -0.25) is 10.1 Å². The molecule has 3 N–H and O–H groups in total. The molecule has 5 heteroatoms. The minimum Gasteiger partial charge on any atom is -0.480 e. The second-order valence-electron chi connectivity index (χ2n) is 2.29. The highest BCUT2D eigenvalue weighted by Crippen LogP contribution is 1.97. The molecular weight excluding hydrogens is 176 g/mol. The van der Waals surface area contributed by atoms with Gasteiger partial charge in [0, 0.05) is 11.5 Å². The molecule has 1 atom stereocenters. The van der Waals surface area contributed by atoms with E-state index in [2.05, 4.69) is 5.32 Å². The van der Waals surface area contributed by atoms with Crippen molar-refractivity contribution in [3.63, 3.8) is 0 Å². The Labute approximate surface area is 76.2 Å². The minimum absolute atomic E-state index is 0.219. The normalized spacial score (nSPS) is 12.5. The van der Waals surface area contributed by atoms with Crippen LogP contribution in [-0.4, -0.2) is 41.4 Å². The van der Waals surface area contributed by atoms with E-state index in [4.69, 9.17) is 10.5 Å². The molecule has 0 aliphatic heterocycles. The molecule has 0 saturated carbocycles. The van der Waals surface area contributed by atoms with Crippen LogP contribution in [0.2, 0.25) is 0 Å². The maximum atomic E-state index is 10.6. The van der Waals surface area contributed by atoms with Crippen LogP contribution in [0.25, 0.3) is 0 Å². The van der Waals surface area contributed by atoms with E-state index in [0.29, 0.717) is 12.3 Å². The molecule has 70 valence electrons. The molecular formula is C7H14N2O2S. The van der Waals surface area contributed by atoms with Gasteiger partial charge in [0.05, 0.1) is 0 Å². The Morgan fingerprint density at radius 3 is 2.67 bits per heavy atom. The van der Waals surface area contributed by atoms with Crippen LogP contribution in [0.5, 0.6) is 0 Å². The molecule has 0 amide bonds. The number of thioether (sulfide) groups is 1. The van der Waals surface area contributed by atoms with Gasteiger partial charge in [0.1, 0.15) is 6.04 Å². The summed E-state index contributed by atoms with van der Waals surface area (Å²) in [6, 6.07) is -0.817. The van der Waals surface area contributed by atoms with Crippen LogP contribution in [0, 0.1) is 5.41 Å². The number of hydrogen-bond donors (Lipinski definition) is 3. The van der Waals surface area contributed by atoms with Crippen LogP contribution < -0.4 is 5.32 Å². The quantitative estimate of drug-likeness (QED) is 0.531. The summed E-state index contributed by atoms with van der Waals surface area (Å²) in [4.78, 5) is 10.6. The summed E-state index contributed by atoms with van der Waals surface area (Å²) in [6.45, 7) is 2.38. The lowest BCUT2D eigenvalue weighted by Crippen LogP contribution is -2.43. The van der Waals surface area contributed by atoms with Crippen molar-refractivity contribution in [2.45, 2.75) is 13.0 Å². The van der Waals surface area contributed by atoms with Crippen molar-refractivity contribution in [2.24, 2.45) is 0 Å². The average molecular weight is 190 g/mol. The third-order valence-corrected chi connectivity index (χ3v) is 1.90. The fraction of sp³-hybridized carbons (Fsp3) is 0.714. The van der Waals surface area contributed by atoms with Crippen molar-refractivity contribution >= 4 is 23.4 Å². The molecule has 0 aliphatic carbocycles. The maximum Gasteiger partial charge on any atom is 0.326 e. The largest absolute Gasteiger partial charge is 0.480 e. The highest BCUT2D eigenvalue weighted by molar-refractivity contribution is 7.99. The van der Waals surface area contributed by atoms with Crippen LogP contribution >= 0.6 is 11.8 Å². The fourth-order valence-corrected chi connectivity index (χ4v) is 1.28. The van der Waals surface area contributed by atoms with Crippen LogP contribution in [0.3, 0.4) is 0 Å². The van der Waals surface area contributed by atoms with Crippen LogP contribution in [0.4, 0.5) is 0 Å². The molecule has 1 unspecified atom stereocenters. The van der Waals surface area contributed by atoms with Crippen molar-refractivity contribution in [2.75, 3.05) is 18.6 Å². The van der Waals surface area contributed by atoms with E-state index in [-0.39, 0.29) is 5.71 Å². The van der Waals surface area contributed by atoms with Gasteiger partial charge < -0.3 is 10.5 Å². The standard InChI is InChI=1S/C7H14N2O2S/c1-3-9-6(7(10)11)5(8)4-12-2/h6,8-9H,3-4H2,1-2H3,(H,10,11).